The van der Waals surface area contributed by atoms with Crippen LogP contribution < -0.4 is 5.32 Å². The minimum absolute atomic E-state index is 0.0835. The Morgan fingerprint density at radius 1 is 1.45 bits per heavy atom. The number of amides is 1. The van der Waals surface area contributed by atoms with E-state index in [4.69, 9.17) is 5.11 Å². The predicted octanol–water partition coefficient (Wildman–Crippen LogP) is -0.108. The van der Waals surface area contributed by atoms with Crippen molar-refractivity contribution in [3.8, 4) is 0 Å². The van der Waals surface area contributed by atoms with Crippen LogP contribution >= 0.6 is 0 Å². The molecule has 0 fully saturated rings. The number of carbonyl (C=O) groups excluding carboxylic acids is 1. The van der Waals surface area contributed by atoms with Gasteiger partial charge in [0.2, 0.25) is 5.91 Å². The number of aromatic nitrogens is 4. The maximum Gasteiger partial charge on any atom is 0.326 e. The summed E-state index contributed by atoms with van der Waals surface area (Å²) in [5, 5.41) is 15.6. The number of hydrogen-bond donors (Lipinski definition) is 2. The van der Waals surface area contributed by atoms with E-state index in [0.717, 1.165) is 0 Å². The fourth-order valence-electron chi connectivity index (χ4n) is 1.73. The molecule has 0 unspecified atom stereocenters. The molecule has 2 aromatic heterocycles. The summed E-state index contributed by atoms with van der Waals surface area (Å²) in [4.78, 5) is 30.9. The minimum Gasteiger partial charge on any atom is -0.480 e. The standard InChI is InChI=1S/C12H15N5O3/c1-7(2)10(11(19)20)15-9(18)6-8-14-12-13-4-3-5-17(12)16-8/h3-5,7,10H,6H2,1-2H3,(H,15,18)(H,19,20)/t10-/m0/s1. The third-order valence-corrected chi connectivity index (χ3v) is 2.73. The third-order valence-electron chi connectivity index (χ3n) is 2.73. The zero-order valence-electron chi connectivity index (χ0n) is 11.1. The lowest BCUT2D eigenvalue weighted by molar-refractivity contribution is -0.143. The summed E-state index contributed by atoms with van der Waals surface area (Å²) < 4.78 is 1.46. The van der Waals surface area contributed by atoms with Crippen molar-refractivity contribution in [2.45, 2.75) is 26.3 Å². The zero-order valence-corrected chi connectivity index (χ0v) is 11.1. The lowest BCUT2D eigenvalue weighted by atomic mass is 10.0. The van der Waals surface area contributed by atoms with Crippen LogP contribution in [0.5, 0.6) is 0 Å². The summed E-state index contributed by atoms with van der Waals surface area (Å²) in [6.07, 6.45) is 3.16. The van der Waals surface area contributed by atoms with Gasteiger partial charge in [-0.25, -0.2) is 14.3 Å². The van der Waals surface area contributed by atoms with E-state index in [9.17, 15) is 9.59 Å². The topological polar surface area (TPSA) is 109 Å². The lowest BCUT2D eigenvalue weighted by Gasteiger charge is -2.17. The summed E-state index contributed by atoms with van der Waals surface area (Å²) in [6, 6.07) is 0.780. The van der Waals surface area contributed by atoms with E-state index in [-0.39, 0.29) is 12.3 Å². The summed E-state index contributed by atoms with van der Waals surface area (Å²) in [5.41, 5.74) is 0. The van der Waals surface area contributed by atoms with Gasteiger partial charge in [0.15, 0.2) is 5.82 Å². The molecule has 0 spiro atoms. The van der Waals surface area contributed by atoms with Crippen LogP contribution in [0.2, 0.25) is 0 Å². The van der Waals surface area contributed by atoms with Gasteiger partial charge in [0.05, 0.1) is 6.42 Å². The van der Waals surface area contributed by atoms with E-state index in [0.29, 0.717) is 11.6 Å². The van der Waals surface area contributed by atoms with Crippen molar-refractivity contribution in [3.05, 3.63) is 24.3 Å². The van der Waals surface area contributed by atoms with Gasteiger partial charge in [0, 0.05) is 12.4 Å². The number of aliphatic carboxylic acids is 1. The van der Waals surface area contributed by atoms with Crippen molar-refractivity contribution in [2.24, 2.45) is 5.92 Å². The Bertz CT molecular complexity index is 604. The number of nitrogens with zero attached hydrogens (tertiary/aromatic N) is 4. The molecular formula is C12H15N5O3. The fourth-order valence-corrected chi connectivity index (χ4v) is 1.73. The third kappa shape index (κ3) is 3.08. The Balaban J connectivity index is 2.05. The van der Waals surface area contributed by atoms with E-state index < -0.39 is 17.9 Å². The average molecular weight is 277 g/mol. The molecule has 2 N–H and O–H groups in total. The predicted molar refractivity (Wildman–Crippen MR) is 68.9 cm³/mol. The number of carboxylic acid groups (broad SMARTS) is 1. The van der Waals surface area contributed by atoms with E-state index in [1.54, 1.807) is 32.3 Å². The SMILES string of the molecule is CC(C)[C@H](NC(=O)Cc1nc2ncccn2n1)C(=O)O. The first kappa shape index (κ1) is 13.9. The molecule has 0 aliphatic carbocycles. The second-order valence-electron chi connectivity index (χ2n) is 4.70. The number of hydrogen-bond acceptors (Lipinski definition) is 5. The highest BCUT2D eigenvalue weighted by Gasteiger charge is 2.23. The first-order valence-electron chi connectivity index (χ1n) is 6.16. The van der Waals surface area contributed by atoms with Crippen LogP contribution in [0.1, 0.15) is 19.7 Å². The van der Waals surface area contributed by atoms with Crippen molar-refractivity contribution in [1.82, 2.24) is 24.9 Å². The first-order valence-corrected chi connectivity index (χ1v) is 6.16. The quantitative estimate of drug-likeness (QED) is 0.789. The maximum absolute atomic E-state index is 11.8. The van der Waals surface area contributed by atoms with Gasteiger partial charge in [0.25, 0.3) is 5.78 Å². The van der Waals surface area contributed by atoms with Crippen LogP contribution in [0.15, 0.2) is 18.5 Å². The molecule has 0 aliphatic rings. The first-order chi connectivity index (χ1) is 9.47. The van der Waals surface area contributed by atoms with E-state index >= 15 is 0 Å². The van der Waals surface area contributed by atoms with Crippen LogP contribution in [0.4, 0.5) is 0 Å². The molecule has 2 rings (SSSR count). The van der Waals surface area contributed by atoms with Gasteiger partial charge >= 0.3 is 5.97 Å². The molecule has 0 saturated heterocycles. The zero-order chi connectivity index (χ0) is 14.7. The molecule has 0 bridgehead atoms. The summed E-state index contributed by atoms with van der Waals surface area (Å²) >= 11 is 0. The van der Waals surface area contributed by atoms with Crippen molar-refractivity contribution in [2.75, 3.05) is 0 Å². The van der Waals surface area contributed by atoms with E-state index in [2.05, 4.69) is 20.4 Å². The molecule has 106 valence electrons. The lowest BCUT2D eigenvalue weighted by Crippen LogP contribution is -2.45. The molecule has 0 aliphatic heterocycles. The van der Waals surface area contributed by atoms with Crippen LogP contribution in [0, 0.1) is 5.92 Å². The van der Waals surface area contributed by atoms with Crippen LogP contribution in [-0.2, 0) is 16.0 Å². The molecule has 2 aromatic rings. The number of carbonyl (C=O) groups is 2. The van der Waals surface area contributed by atoms with Gasteiger partial charge in [0.1, 0.15) is 6.04 Å². The van der Waals surface area contributed by atoms with Gasteiger partial charge in [-0.3, -0.25) is 4.79 Å². The number of rotatable bonds is 5. The highest BCUT2D eigenvalue weighted by Crippen LogP contribution is 2.03. The van der Waals surface area contributed by atoms with Gasteiger partial charge in [-0.15, -0.1) is 5.10 Å². The fraction of sp³-hybridized carbons (Fsp3) is 0.417. The van der Waals surface area contributed by atoms with Gasteiger partial charge in [-0.2, -0.15) is 4.98 Å². The maximum atomic E-state index is 11.8. The molecule has 1 atom stereocenters. The van der Waals surface area contributed by atoms with Gasteiger partial charge < -0.3 is 10.4 Å². The van der Waals surface area contributed by atoms with Crippen molar-refractivity contribution >= 4 is 17.7 Å². The molecule has 20 heavy (non-hydrogen) atoms. The normalized spacial score (nSPS) is 12.6. The Morgan fingerprint density at radius 2 is 2.20 bits per heavy atom. The number of nitrogens with one attached hydrogen (secondary N) is 1. The van der Waals surface area contributed by atoms with Gasteiger partial charge in [-0.05, 0) is 12.0 Å². The number of fused-ring (bicyclic) bond motifs is 1. The summed E-state index contributed by atoms with van der Waals surface area (Å²) in [5.74, 6) is -0.991. The minimum atomic E-state index is -1.06. The van der Waals surface area contributed by atoms with E-state index in [1.165, 1.54) is 4.52 Å². The molecule has 0 aromatic carbocycles. The Morgan fingerprint density at radius 3 is 2.80 bits per heavy atom. The largest absolute Gasteiger partial charge is 0.480 e. The van der Waals surface area contributed by atoms with Crippen LogP contribution in [-0.4, -0.2) is 42.6 Å². The van der Waals surface area contributed by atoms with E-state index in [1.807, 2.05) is 0 Å². The molecule has 0 saturated carbocycles. The molecule has 1 amide bonds. The second kappa shape index (κ2) is 5.64. The smallest absolute Gasteiger partial charge is 0.326 e. The molecule has 2 heterocycles. The molecule has 0 radical (unpaired) electrons. The monoisotopic (exact) mass is 277 g/mol. The summed E-state index contributed by atoms with van der Waals surface area (Å²) in [7, 11) is 0. The Kier molecular flexibility index (Phi) is 3.92. The molecular weight excluding hydrogens is 262 g/mol. The van der Waals surface area contributed by atoms with Crippen LogP contribution in [0.3, 0.4) is 0 Å². The molecule has 8 nitrogen and oxygen atoms in total. The Hall–Kier alpha value is -2.51. The molecule has 8 heteroatoms. The second-order valence-corrected chi connectivity index (χ2v) is 4.70. The van der Waals surface area contributed by atoms with Crippen molar-refractivity contribution in [3.63, 3.8) is 0 Å². The van der Waals surface area contributed by atoms with Crippen molar-refractivity contribution in [1.29, 1.82) is 0 Å². The van der Waals surface area contributed by atoms with Gasteiger partial charge in [-0.1, -0.05) is 13.8 Å². The summed E-state index contributed by atoms with van der Waals surface area (Å²) in [6.45, 7) is 3.46. The highest BCUT2D eigenvalue weighted by molar-refractivity contribution is 5.84. The Labute approximate surface area is 114 Å². The van der Waals surface area contributed by atoms with Crippen molar-refractivity contribution < 1.29 is 14.7 Å². The van der Waals surface area contributed by atoms with Crippen LogP contribution in [0.25, 0.3) is 5.78 Å². The average Bonchev–Trinajstić information content (AvgIpc) is 2.77. The number of carboxylic acids is 1. The highest BCUT2D eigenvalue weighted by atomic mass is 16.4.